The maximum absolute atomic E-state index is 12.1. The molecule has 0 aromatic heterocycles. The van der Waals surface area contributed by atoms with E-state index in [0.29, 0.717) is 12.3 Å². The fourth-order valence-electron chi connectivity index (χ4n) is 2.16. The van der Waals surface area contributed by atoms with Crippen LogP contribution >= 0.6 is 0 Å². The van der Waals surface area contributed by atoms with E-state index in [1.54, 1.807) is 0 Å². The summed E-state index contributed by atoms with van der Waals surface area (Å²) in [6.07, 6.45) is 0.415. The molecule has 1 amide bonds. The normalized spacial score (nSPS) is 10.6. The van der Waals surface area contributed by atoms with Crippen molar-refractivity contribution in [3.8, 4) is 0 Å². The molecule has 0 saturated carbocycles. The first-order valence-corrected chi connectivity index (χ1v) is 7.00. The quantitative estimate of drug-likeness (QED) is 0.879. The van der Waals surface area contributed by atoms with Crippen LogP contribution in [0.2, 0.25) is 0 Å². The minimum absolute atomic E-state index is 0.0280. The summed E-state index contributed by atoms with van der Waals surface area (Å²) in [5.74, 6) is 0.489. The number of benzene rings is 2. The second-order valence-corrected chi connectivity index (χ2v) is 5.43. The van der Waals surface area contributed by atoms with Crippen LogP contribution in [0.25, 0.3) is 0 Å². The maximum Gasteiger partial charge on any atom is 0.228 e. The highest BCUT2D eigenvalue weighted by atomic mass is 16.1. The highest BCUT2D eigenvalue weighted by Gasteiger charge is 2.07. The molecule has 104 valence electrons. The molecular weight excluding hydrogens is 246 g/mol. The Bertz CT molecular complexity index is 602. The second-order valence-electron chi connectivity index (χ2n) is 5.43. The van der Waals surface area contributed by atoms with E-state index in [2.05, 4.69) is 25.2 Å². The van der Waals surface area contributed by atoms with Crippen molar-refractivity contribution in [2.75, 3.05) is 5.32 Å². The van der Waals surface area contributed by atoms with Gasteiger partial charge in [-0.1, -0.05) is 50.2 Å². The van der Waals surface area contributed by atoms with Crippen molar-refractivity contribution in [2.45, 2.75) is 33.1 Å². The molecule has 2 rings (SSSR count). The zero-order valence-electron chi connectivity index (χ0n) is 12.3. The van der Waals surface area contributed by atoms with E-state index in [0.717, 1.165) is 16.8 Å². The Morgan fingerprint density at radius 1 is 1.10 bits per heavy atom. The maximum atomic E-state index is 12.1. The lowest BCUT2D eigenvalue weighted by Gasteiger charge is -2.10. The zero-order valence-corrected chi connectivity index (χ0v) is 12.3. The summed E-state index contributed by atoms with van der Waals surface area (Å²) in [5.41, 5.74) is 4.33. The van der Waals surface area contributed by atoms with Crippen LogP contribution in [0.15, 0.2) is 48.5 Å². The molecule has 2 nitrogen and oxygen atoms in total. The average Bonchev–Trinajstić information content (AvgIpc) is 2.41. The van der Waals surface area contributed by atoms with E-state index in [1.807, 2.05) is 49.4 Å². The first-order valence-electron chi connectivity index (χ1n) is 7.00. The van der Waals surface area contributed by atoms with E-state index < -0.39 is 0 Å². The summed E-state index contributed by atoms with van der Waals surface area (Å²) >= 11 is 0. The molecular formula is C18H21NO. The van der Waals surface area contributed by atoms with Gasteiger partial charge in [-0.05, 0) is 41.7 Å². The van der Waals surface area contributed by atoms with Gasteiger partial charge >= 0.3 is 0 Å². The minimum atomic E-state index is 0.0280. The summed E-state index contributed by atoms with van der Waals surface area (Å²) in [5, 5.41) is 2.97. The number of carbonyl (C=O) groups excluding carboxylic acids is 1. The Hall–Kier alpha value is -2.09. The molecule has 0 aliphatic rings. The van der Waals surface area contributed by atoms with Crippen molar-refractivity contribution in [3.63, 3.8) is 0 Å². The van der Waals surface area contributed by atoms with Gasteiger partial charge in [0.15, 0.2) is 0 Å². The van der Waals surface area contributed by atoms with Crippen molar-refractivity contribution >= 4 is 11.6 Å². The fraction of sp³-hybridized carbons (Fsp3) is 0.278. The molecule has 2 heteroatoms. The number of hydrogen-bond donors (Lipinski definition) is 1. The number of amides is 1. The van der Waals surface area contributed by atoms with Crippen molar-refractivity contribution in [2.24, 2.45) is 0 Å². The predicted octanol–water partition coefficient (Wildman–Crippen LogP) is 4.30. The monoisotopic (exact) mass is 267 g/mol. The minimum Gasteiger partial charge on any atom is -0.326 e. The number of aryl methyl sites for hydroxylation is 1. The molecule has 0 heterocycles. The molecule has 0 aliphatic carbocycles. The Morgan fingerprint density at radius 2 is 1.85 bits per heavy atom. The number of hydrogen-bond acceptors (Lipinski definition) is 1. The first-order chi connectivity index (χ1) is 9.56. The van der Waals surface area contributed by atoms with Crippen molar-refractivity contribution in [1.29, 1.82) is 0 Å². The van der Waals surface area contributed by atoms with Crippen LogP contribution in [0.3, 0.4) is 0 Å². The summed E-state index contributed by atoms with van der Waals surface area (Å²) in [7, 11) is 0. The van der Waals surface area contributed by atoms with E-state index in [1.165, 1.54) is 5.56 Å². The number of anilines is 1. The third-order valence-electron chi connectivity index (χ3n) is 3.45. The Labute approximate surface area is 120 Å². The predicted molar refractivity (Wildman–Crippen MR) is 84.0 cm³/mol. The topological polar surface area (TPSA) is 29.1 Å². The molecule has 2 aromatic rings. The summed E-state index contributed by atoms with van der Waals surface area (Å²) < 4.78 is 0. The van der Waals surface area contributed by atoms with Gasteiger partial charge in [0.25, 0.3) is 0 Å². The first kappa shape index (κ1) is 14.3. The van der Waals surface area contributed by atoms with Gasteiger partial charge in [-0.3, -0.25) is 4.79 Å². The van der Waals surface area contributed by atoms with Crippen molar-refractivity contribution in [1.82, 2.24) is 0 Å². The lowest BCUT2D eigenvalue weighted by atomic mass is 10.0. The molecule has 0 saturated heterocycles. The van der Waals surface area contributed by atoms with Crippen LogP contribution in [0, 0.1) is 6.92 Å². The Kier molecular flexibility index (Phi) is 4.57. The SMILES string of the molecule is Cc1ccccc1CC(=O)Nc1cccc(C(C)C)c1. The van der Waals surface area contributed by atoms with Gasteiger partial charge in [0.05, 0.1) is 6.42 Å². The van der Waals surface area contributed by atoms with E-state index in [-0.39, 0.29) is 5.91 Å². The van der Waals surface area contributed by atoms with Gasteiger partial charge in [-0.15, -0.1) is 0 Å². The molecule has 1 N–H and O–H groups in total. The molecule has 0 atom stereocenters. The largest absolute Gasteiger partial charge is 0.326 e. The Morgan fingerprint density at radius 3 is 2.55 bits per heavy atom. The summed E-state index contributed by atoms with van der Waals surface area (Å²) in [4.78, 5) is 12.1. The lowest BCUT2D eigenvalue weighted by molar-refractivity contribution is -0.115. The van der Waals surface area contributed by atoms with Crippen LogP contribution in [0.5, 0.6) is 0 Å². The molecule has 20 heavy (non-hydrogen) atoms. The highest BCUT2D eigenvalue weighted by molar-refractivity contribution is 5.92. The summed E-state index contributed by atoms with van der Waals surface area (Å²) in [6, 6.07) is 16.0. The van der Waals surface area contributed by atoms with Crippen LogP contribution in [-0.4, -0.2) is 5.91 Å². The van der Waals surface area contributed by atoms with Gasteiger partial charge < -0.3 is 5.32 Å². The number of carbonyl (C=O) groups is 1. The fourth-order valence-corrected chi connectivity index (χ4v) is 2.16. The van der Waals surface area contributed by atoms with Gasteiger partial charge in [-0.2, -0.15) is 0 Å². The third kappa shape index (κ3) is 3.70. The molecule has 0 unspecified atom stereocenters. The third-order valence-corrected chi connectivity index (χ3v) is 3.45. The second kappa shape index (κ2) is 6.38. The molecule has 0 bridgehead atoms. The van der Waals surface area contributed by atoms with Crippen molar-refractivity contribution < 1.29 is 4.79 Å². The molecule has 0 fully saturated rings. The van der Waals surface area contributed by atoms with E-state index in [9.17, 15) is 4.79 Å². The molecule has 2 aromatic carbocycles. The zero-order chi connectivity index (χ0) is 14.5. The van der Waals surface area contributed by atoms with Gasteiger partial charge in [-0.25, -0.2) is 0 Å². The lowest BCUT2D eigenvalue weighted by Crippen LogP contribution is -2.15. The molecule has 0 aliphatic heterocycles. The van der Waals surface area contributed by atoms with Gasteiger partial charge in [0.1, 0.15) is 0 Å². The molecule has 0 radical (unpaired) electrons. The number of nitrogens with one attached hydrogen (secondary N) is 1. The summed E-state index contributed by atoms with van der Waals surface area (Å²) in [6.45, 7) is 6.32. The van der Waals surface area contributed by atoms with E-state index in [4.69, 9.17) is 0 Å². The van der Waals surface area contributed by atoms with Crippen LogP contribution < -0.4 is 5.32 Å². The van der Waals surface area contributed by atoms with Gasteiger partial charge in [0, 0.05) is 5.69 Å². The van der Waals surface area contributed by atoms with E-state index >= 15 is 0 Å². The smallest absolute Gasteiger partial charge is 0.228 e. The van der Waals surface area contributed by atoms with Crippen LogP contribution in [0.1, 0.15) is 36.5 Å². The van der Waals surface area contributed by atoms with Crippen molar-refractivity contribution in [3.05, 3.63) is 65.2 Å². The average molecular weight is 267 g/mol. The van der Waals surface area contributed by atoms with Gasteiger partial charge in [0.2, 0.25) is 5.91 Å². The standard InChI is InChI=1S/C18H21NO/c1-13(2)15-9-6-10-17(11-15)19-18(20)12-16-8-5-4-7-14(16)3/h4-11,13H,12H2,1-3H3,(H,19,20). The van der Waals surface area contributed by atoms with Crippen LogP contribution in [-0.2, 0) is 11.2 Å². The Balaban J connectivity index is 2.05. The highest BCUT2D eigenvalue weighted by Crippen LogP contribution is 2.19. The molecule has 0 spiro atoms. The number of rotatable bonds is 4. The van der Waals surface area contributed by atoms with Crippen LogP contribution in [0.4, 0.5) is 5.69 Å².